The lowest BCUT2D eigenvalue weighted by molar-refractivity contribution is -0.143. The number of esters is 1. The molecule has 1 heterocycles. The normalized spacial score (nSPS) is 24.0. The number of carbonyl (C=O) groups is 2. The van der Waals surface area contributed by atoms with Crippen LogP contribution in [0.5, 0.6) is 0 Å². The maximum atomic E-state index is 14.7. The van der Waals surface area contributed by atoms with Crippen LogP contribution in [0.25, 0.3) is 0 Å². The van der Waals surface area contributed by atoms with E-state index in [1.807, 2.05) is 30.3 Å². The van der Waals surface area contributed by atoms with Crippen molar-refractivity contribution in [2.45, 2.75) is 31.6 Å². The summed E-state index contributed by atoms with van der Waals surface area (Å²) in [5.74, 6) is -2.54. The molecule has 4 nitrogen and oxygen atoms in total. The van der Waals surface area contributed by atoms with Crippen LogP contribution in [-0.4, -0.2) is 24.6 Å². The number of Topliss-reactive ketones (excluding diaryl/α,β-unsaturated/α-hetero) is 1. The lowest BCUT2D eigenvalue weighted by Gasteiger charge is -2.36. The van der Waals surface area contributed by atoms with E-state index < -0.39 is 23.6 Å². The summed E-state index contributed by atoms with van der Waals surface area (Å²) in [5, 5.41) is 0. The van der Waals surface area contributed by atoms with Gasteiger partial charge in [-0.1, -0.05) is 48.5 Å². The number of carbonyl (C=O) groups excluding carboxylic acids is 2. The quantitative estimate of drug-likeness (QED) is 0.720. The van der Waals surface area contributed by atoms with Gasteiger partial charge in [0.15, 0.2) is 5.78 Å². The zero-order valence-electron chi connectivity index (χ0n) is 16.4. The fraction of sp³-hybridized carbons (Fsp3) is 0.292. The van der Waals surface area contributed by atoms with Crippen LogP contribution in [0.4, 0.5) is 4.39 Å². The van der Waals surface area contributed by atoms with Crippen molar-refractivity contribution in [2.75, 3.05) is 7.11 Å². The zero-order valence-corrected chi connectivity index (χ0v) is 16.4. The molecule has 3 atom stereocenters. The Bertz CT molecular complexity index is 1030. The summed E-state index contributed by atoms with van der Waals surface area (Å²) < 4.78 is 19.7. The molecular formula is C24H22FNO3. The maximum absolute atomic E-state index is 14.7. The Morgan fingerprint density at radius 2 is 1.76 bits per heavy atom. The Morgan fingerprint density at radius 1 is 1.07 bits per heavy atom. The Kier molecular flexibility index (Phi) is 5.14. The Labute approximate surface area is 169 Å². The number of rotatable bonds is 3. The van der Waals surface area contributed by atoms with E-state index in [0.717, 1.165) is 5.56 Å². The van der Waals surface area contributed by atoms with Crippen LogP contribution in [0.1, 0.15) is 42.7 Å². The van der Waals surface area contributed by atoms with E-state index in [0.29, 0.717) is 35.4 Å². The van der Waals surface area contributed by atoms with Crippen LogP contribution in [0.3, 0.4) is 0 Å². The monoisotopic (exact) mass is 391 g/mol. The fourth-order valence-corrected chi connectivity index (χ4v) is 4.52. The van der Waals surface area contributed by atoms with Crippen molar-refractivity contribution < 1.29 is 18.7 Å². The van der Waals surface area contributed by atoms with Gasteiger partial charge in [0.05, 0.1) is 7.11 Å². The van der Waals surface area contributed by atoms with Crippen molar-refractivity contribution in [2.24, 2.45) is 10.9 Å². The predicted molar refractivity (Wildman–Crippen MR) is 108 cm³/mol. The van der Waals surface area contributed by atoms with Crippen LogP contribution in [-0.2, 0) is 14.3 Å². The predicted octanol–water partition coefficient (Wildman–Crippen LogP) is 4.57. The average Bonchev–Trinajstić information content (AvgIpc) is 2.73. The van der Waals surface area contributed by atoms with Crippen molar-refractivity contribution in [1.82, 2.24) is 0 Å². The largest absolute Gasteiger partial charge is 0.468 e. The molecule has 0 N–H and O–H groups in total. The lowest BCUT2D eigenvalue weighted by atomic mass is 9.69. The first kappa shape index (κ1) is 19.2. The van der Waals surface area contributed by atoms with Crippen molar-refractivity contribution in [3.8, 4) is 0 Å². The van der Waals surface area contributed by atoms with Gasteiger partial charge >= 0.3 is 5.97 Å². The van der Waals surface area contributed by atoms with Crippen molar-refractivity contribution in [3.63, 3.8) is 0 Å². The van der Waals surface area contributed by atoms with Crippen molar-refractivity contribution >= 4 is 17.5 Å². The number of benzene rings is 2. The lowest BCUT2D eigenvalue weighted by Crippen LogP contribution is -2.38. The number of aliphatic imine (C=N–C) groups is 1. The average molecular weight is 391 g/mol. The molecule has 0 saturated carbocycles. The first-order chi connectivity index (χ1) is 14.0. The minimum absolute atomic E-state index is 0.0231. The number of ketones is 1. The summed E-state index contributed by atoms with van der Waals surface area (Å²) in [6, 6.07) is 16.2. The number of hydrogen-bond acceptors (Lipinski definition) is 4. The number of nitrogens with zero attached hydrogens (tertiary/aromatic N) is 1. The van der Waals surface area contributed by atoms with Gasteiger partial charge in [-0.05, 0) is 36.5 Å². The Morgan fingerprint density at radius 3 is 2.45 bits per heavy atom. The van der Waals surface area contributed by atoms with Crippen LogP contribution in [0.15, 0.2) is 70.9 Å². The summed E-state index contributed by atoms with van der Waals surface area (Å²) in [6.45, 7) is 1.75. The molecule has 0 bridgehead atoms. The third kappa shape index (κ3) is 3.41. The second-order valence-corrected chi connectivity index (χ2v) is 7.55. The van der Waals surface area contributed by atoms with E-state index in [2.05, 4.69) is 4.99 Å². The number of methoxy groups -OCH3 is 1. The molecule has 1 unspecified atom stereocenters. The number of allylic oxidation sites excluding steroid dienone is 2. The van der Waals surface area contributed by atoms with Crippen LogP contribution >= 0.6 is 0 Å². The molecule has 1 aliphatic heterocycles. The highest BCUT2D eigenvalue weighted by atomic mass is 19.1. The molecule has 2 aliphatic rings. The fourth-order valence-electron chi connectivity index (χ4n) is 4.52. The van der Waals surface area contributed by atoms with E-state index in [4.69, 9.17) is 4.74 Å². The molecule has 0 aromatic heterocycles. The maximum Gasteiger partial charge on any atom is 0.315 e. The Balaban J connectivity index is 1.84. The molecule has 148 valence electrons. The standard InChI is InChI=1S/C24H22FNO3/c1-14-21(24(28)29-2)22(17-10-6-7-11-18(17)25)23-19(26-14)12-16(13-20(23)27)15-8-4-3-5-9-15/h3-11,16,21-22H,12-13H2,1-2H3/t16-,21?,22-/m1/s1. The van der Waals surface area contributed by atoms with Gasteiger partial charge < -0.3 is 4.74 Å². The number of ether oxygens (including phenoxy) is 1. The molecule has 5 heteroatoms. The van der Waals surface area contributed by atoms with Crippen LogP contribution in [0, 0.1) is 11.7 Å². The summed E-state index contributed by atoms with van der Waals surface area (Å²) in [4.78, 5) is 30.5. The van der Waals surface area contributed by atoms with Gasteiger partial charge in [0, 0.05) is 29.3 Å². The minimum atomic E-state index is -0.812. The molecule has 0 radical (unpaired) electrons. The number of halogens is 1. The topological polar surface area (TPSA) is 55.7 Å². The molecule has 0 saturated heterocycles. The second-order valence-electron chi connectivity index (χ2n) is 7.55. The molecule has 4 rings (SSSR count). The third-order valence-electron chi connectivity index (χ3n) is 5.85. The highest BCUT2D eigenvalue weighted by molar-refractivity contribution is 6.09. The van der Waals surface area contributed by atoms with Gasteiger partial charge in [-0.15, -0.1) is 0 Å². The summed E-state index contributed by atoms with van der Waals surface area (Å²) in [7, 11) is 1.30. The Hall–Kier alpha value is -3.08. The van der Waals surface area contributed by atoms with Gasteiger partial charge in [-0.2, -0.15) is 0 Å². The van der Waals surface area contributed by atoms with Crippen molar-refractivity contribution in [1.29, 1.82) is 0 Å². The van der Waals surface area contributed by atoms with E-state index in [-0.39, 0.29) is 11.7 Å². The molecule has 2 aromatic rings. The SMILES string of the molecule is COC(=O)C1C(C)=NC2=C(C(=O)C[C@H](c3ccccc3)C2)[C@@H]1c1ccccc1F. The molecule has 0 spiro atoms. The van der Waals surface area contributed by atoms with E-state index in [1.54, 1.807) is 25.1 Å². The van der Waals surface area contributed by atoms with E-state index in [1.165, 1.54) is 13.2 Å². The van der Waals surface area contributed by atoms with Crippen LogP contribution < -0.4 is 0 Å². The molecular weight excluding hydrogens is 369 g/mol. The molecule has 0 amide bonds. The van der Waals surface area contributed by atoms with Gasteiger partial charge in [-0.25, -0.2) is 4.39 Å². The molecule has 29 heavy (non-hydrogen) atoms. The summed E-state index contributed by atoms with van der Waals surface area (Å²) >= 11 is 0. The molecule has 2 aromatic carbocycles. The summed E-state index contributed by atoms with van der Waals surface area (Å²) in [5.41, 5.74) is 3.06. The molecule has 1 aliphatic carbocycles. The van der Waals surface area contributed by atoms with Gasteiger partial charge in [-0.3, -0.25) is 14.6 Å². The van der Waals surface area contributed by atoms with Crippen LogP contribution in [0.2, 0.25) is 0 Å². The van der Waals surface area contributed by atoms with E-state index in [9.17, 15) is 14.0 Å². The minimum Gasteiger partial charge on any atom is -0.468 e. The van der Waals surface area contributed by atoms with Crippen molar-refractivity contribution in [3.05, 3.63) is 82.8 Å². The summed E-state index contributed by atoms with van der Waals surface area (Å²) in [6.07, 6.45) is 0.900. The first-order valence-corrected chi connectivity index (χ1v) is 9.70. The third-order valence-corrected chi connectivity index (χ3v) is 5.85. The first-order valence-electron chi connectivity index (χ1n) is 9.70. The highest BCUT2D eigenvalue weighted by Gasteiger charge is 2.45. The van der Waals surface area contributed by atoms with Gasteiger partial charge in [0.2, 0.25) is 0 Å². The zero-order chi connectivity index (χ0) is 20.5. The van der Waals surface area contributed by atoms with E-state index >= 15 is 0 Å². The van der Waals surface area contributed by atoms with Gasteiger partial charge in [0.25, 0.3) is 0 Å². The highest BCUT2D eigenvalue weighted by Crippen LogP contribution is 2.47. The smallest absolute Gasteiger partial charge is 0.315 e. The molecule has 0 fully saturated rings. The second kappa shape index (κ2) is 7.74. The number of hydrogen-bond donors (Lipinski definition) is 0. The van der Waals surface area contributed by atoms with Gasteiger partial charge in [0.1, 0.15) is 11.7 Å².